The molecule has 1 aliphatic carbocycles. The summed E-state index contributed by atoms with van der Waals surface area (Å²) in [6, 6.07) is 16.0. The number of aromatic nitrogens is 3. The number of benzene rings is 2. The van der Waals surface area contributed by atoms with E-state index in [-0.39, 0.29) is 11.7 Å². The van der Waals surface area contributed by atoms with Crippen molar-refractivity contribution >= 4 is 23.4 Å². The number of thioether (sulfide) groups is 1. The van der Waals surface area contributed by atoms with Crippen molar-refractivity contribution < 1.29 is 9.53 Å². The highest BCUT2D eigenvalue weighted by Crippen LogP contribution is 2.40. The maximum Gasteiger partial charge on any atom is 0.234 e. The summed E-state index contributed by atoms with van der Waals surface area (Å²) < 4.78 is 7.49. The molecular weight excluding hydrogens is 384 g/mol. The Bertz CT molecular complexity index is 999. The van der Waals surface area contributed by atoms with Crippen molar-refractivity contribution in [2.45, 2.75) is 37.4 Å². The van der Waals surface area contributed by atoms with Gasteiger partial charge in [-0.25, -0.2) is 0 Å². The van der Waals surface area contributed by atoms with E-state index >= 15 is 0 Å². The van der Waals surface area contributed by atoms with Gasteiger partial charge in [0.15, 0.2) is 5.16 Å². The van der Waals surface area contributed by atoms with Crippen molar-refractivity contribution in [1.29, 1.82) is 0 Å². The highest BCUT2D eigenvalue weighted by Gasteiger charge is 2.30. The highest BCUT2D eigenvalue weighted by atomic mass is 32.2. The van der Waals surface area contributed by atoms with Gasteiger partial charge < -0.3 is 14.6 Å². The van der Waals surface area contributed by atoms with Gasteiger partial charge in [0.2, 0.25) is 5.91 Å². The molecule has 0 saturated heterocycles. The van der Waals surface area contributed by atoms with E-state index in [0.717, 1.165) is 35.9 Å². The minimum atomic E-state index is -0.0962. The molecule has 0 bridgehead atoms. The highest BCUT2D eigenvalue weighted by molar-refractivity contribution is 7.99. The fourth-order valence-electron chi connectivity index (χ4n) is 3.20. The Kier molecular flexibility index (Phi) is 5.85. The number of amides is 1. The summed E-state index contributed by atoms with van der Waals surface area (Å²) in [5, 5.41) is 12.5. The van der Waals surface area contributed by atoms with Gasteiger partial charge in [-0.3, -0.25) is 4.79 Å². The summed E-state index contributed by atoms with van der Waals surface area (Å²) in [4.78, 5) is 12.5. The van der Waals surface area contributed by atoms with E-state index in [0.29, 0.717) is 17.4 Å². The Morgan fingerprint density at radius 2 is 2.00 bits per heavy atom. The first-order valence-electron chi connectivity index (χ1n) is 9.68. The van der Waals surface area contributed by atoms with Gasteiger partial charge in [0.25, 0.3) is 0 Å². The molecule has 0 radical (unpaired) electrons. The van der Waals surface area contributed by atoms with Crippen molar-refractivity contribution in [3.8, 4) is 5.75 Å². The van der Waals surface area contributed by atoms with Crippen LogP contribution in [0.4, 0.5) is 5.69 Å². The number of hydrogen-bond acceptors (Lipinski definition) is 5. The maximum atomic E-state index is 12.5. The lowest BCUT2D eigenvalue weighted by atomic mass is 10.2. The Hall–Kier alpha value is -2.80. The molecule has 7 heteroatoms. The van der Waals surface area contributed by atoms with Crippen LogP contribution in [-0.2, 0) is 11.3 Å². The van der Waals surface area contributed by atoms with Gasteiger partial charge in [-0.05, 0) is 43.0 Å². The Balaban J connectivity index is 1.46. The summed E-state index contributed by atoms with van der Waals surface area (Å²) in [6.07, 6.45) is 2.32. The van der Waals surface area contributed by atoms with Gasteiger partial charge in [-0.1, -0.05) is 48.2 Å². The number of anilines is 1. The van der Waals surface area contributed by atoms with Crippen LogP contribution < -0.4 is 10.1 Å². The molecule has 0 unspecified atom stereocenters. The Morgan fingerprint density at radius 1 is 1.21 bits per heavy atom. The third kappa shape index (κ3) is 4.79. The molecule has 0 aliphatic heterocycles. The number of methoxy groups -OCH3 is 1. The summed E-state index contributed by atoms with van der Waals surface area (Å²) in [5.74, 6) is 2.33. The van der Waals surface area contributed by atoms with Crippen molar-refractivity contribution in [1.82, 2.24) is 14.8 Å². The number of nitrogens with zero attached hydrogens (tertiary/aromatic N) is 3. The summed E-state index contributed by atoms with van der Waals surface area (Å²) >= 11 is 1.41. The Morgan fingerprint density at radius 3 is 2.72 bits per heavy atom. The number of rotatable bonds is 8. The second-order valence-electron chi connectivity index (χ2n) is 7.23. The van der Waals surface area contributed by atoms with Crippen molar-refractivity contribution in [3.63, 3.8) is 0 Å². The van der Waals surface area contributed by atoms with E-state index in [9.17, 15) is 4.79 Å². The zero-order valence-electron chi connectivity index (χ0n) is 16.6. The summed E-state index contributed by atoms with van der Waals surface area (Å²) in [5.41, 5.74) is 2.94. The molecule has 0 spiro atoms. The molecule has 1 heterocycles. The molecule has 150 valence electrons. The van der Waals surface area contributed by atoms with E-state index in [1.165, 1.54) is 17.3 Å². The van der Waals surface area contributed by atoms with Gasteiger partial charge in [-0.15, -0.1) is 10.2 Å². The first-order valence-corrected chi connectivity index (χ1v) is 10.7. The van der Waals surface area contributed by atoms with Gasteiger partial charge in [0, 0.05) is 5.92 Å². The lowest BCUT2D eigenvalue weighted by Crippen LogP contribution is -2.15. The van der Waals surface area contributed by atoms with Crippen LogP contribution in [0.25, 0.3) is 0 Å². The average Bonchev–Trinajstić information content (AvgIpc) is 3.49. The molecule has 6 nitrogen and oxygen atoms in total. The molecule has 1 amide bonds. The first kappa shape index (κ1) is 19.5. The second kappa shape index (κ2) is 8.69. The van der Waals surface area contributed by atoms with Crippen LogP contribution in [0.2, 0.25) is 0 Å². The fourth-order valence-corrected chi connectivity index (χ4v) is 3.95. The number of aryl methyl sites for hydroxylation is 1. The molecule has 4 rings (SSSR count). The second-order valence-corrected chi connectivity index (χ2v) is 8.17. The van der Waals surface area contributed by atoms with E-state index in [1.807, 2.05) is 43.3 Å². The number of hydrogen-bond donors (Lipinski definition) is 1. The predicted molar refractivity (Wildman–Crippen MR) is 115 cm³/mol. The van der Waals surface area contributed by atoms with E-state index < -0.39 is 0 Å². The zero-order valence-corrected chi connectivity index (χ0v) is 17.4. The molecule has 3 aromatic rings. The van der Waals surface area contributed by atoms with E-state index in [4.69, 9.17) is 4.74 Å². The molecule has 1 saturated carbocycles. The van der Waals surface area contributed by atoms with Gasteiger partial charge in [0.1, 0.15) is 11.6 Å². The monoisotopic (exact) mass is 408 g/mol. The quantitative estimate of drug-likeness (QED) is 0.564. The molecular formula is C22H24N4O2S. The van der Waals surface area contributed by atoms with Gasteiger partial charge >= 0.3 is 0 Å². The van der Waals surface area contributed by atoms with Gasteiger partial charge in [-0.2, -0.15) is 0 Å². The maximum absolute atomic E-state index is 12.5. The van der Waals surface area contributed by atoms with Crippen molar-refractivity contribution in [2.75, 3.05) is 18.2 Å². The SMILES string of the molecule is COc1ccc(C)cc1NC(=O)CSc1nnc(C2CC2)n1Cc1ccccc1. The van der Waals surface area contributed by atoms with Crippen LogP contribution in [0.5, 0.6) is 5.75 Å². The smallest absolute Gasteiger partial charge is 0.234 e. The predicted octanol–water partition coefficient (Wildman–Crippen LogP) is 4.25. The van der Waals surface area contributed by atoms with Gasteiger partial charge in [0.05, 0.1) is 25.1 Å². The normalized spacial score (nSPS) is 13.3. The van der Waals surface area contributed by atoms with Crippen LogP contribution in [0.15, 0.2) is 53.7 Å². The molecule has 29 heavy (non-hydrogen) atoms. The van der Waals surface area contributed by atoms with Crippen molar-refractivity contribution in [3.05, 3.63) is 65.5 Å². The molecule has 2 aromatic carbocycles. The number of carbonyl (C=O) groups excluding carboxylic acids is 1. The third-order valence-corrected chi connectivity index (χ3v) is 5.80. The van der Waals surface area contributed by atoms with Crippen LogP contribution in [0.3, 0.4) is 0 Å². The standard InChI is InChI=1S/C22H24N4O2S/c1-15-8-11-19(28-2)18(12-15)23-20(27)14-29-22-25-24-21(17-9-10-17)26(22)13-16-6-4-3-5-7-16/h3-8,11-12,17H,9-10,13-14H2,1-2H3,(H,23,27). The lowest BCUT2D eigenvalue weighted by Gasteiger charge is -2.12. The Labute approximate surface area is 174 Å². The van der Waals surface area contributed by atoms with E-state index in [2.05, 4.69) is 32.2 Å². The van der Waals surface area contributed by atoms with Crippen LogP contribution in [-0.4, -0.2) is 33.5 Å². The summed E-state index contributed by atoms with van der Waals surface area (Å²) in [7, 11) is 1.60. The zero-order chi connectivity index (χ0) is 20.2. The van der Waals surface area contributed by atoms with Crippen molar-refractivity contribution in [2.24, 2.45) is 0 Å². The lowest BCUT2D eigenvalue weighted by molar-refractivity contribution is -0.113. The molecule has 1 aliphatic rings. The van der Waals surface area contributed by atoms with E-state index in [1.54, 1.807) is 7.11 Å². The molecule has 1 N–H and O–H groups in total. The summed E-state index contributed by atoms with van der Waals surface area (Å²) in [6.45, 7) is 2.70. The topological polar surface area (TPSA) is 69.0 Å². The number of nitrogens with one attached hydrogen (secondary N) is 1. The molecule has 0 atom stereocenters. The molecule has 1 fully saturated rings. The first-order chi connectivity index (χ1) is 14.1. The van der Waals surface area contributed by atoms with Crippen LogP contribution >= 0.6 is 11.8 Å². The number of ether oxygens (including phenoxy) is 1. The van der Waals surface area contributed by atoms with Crippen LogP contribution in [0.1, 0.15) is 35.7 Å². The minimum absolute atomic E-state index is 0.0962. The third-order valence-electron chi connectivity index (χ3n) is 4.83. The fraction of sp³-hybridized carbons (Fsp3) is 0.318. The average molecular weight is 409 g/mol. The number of carbonyl (C=O) groups is 1. The minimum Gasteiger partial charge on any atom is -0.495 e. The molecule has 1 aromatic heterocycles. The van der Waals surface area contributed by atoms with Crippen LogP contribution in [0, 0.1) is 6.92 Å². The largest absolute Gasteiger partial charge is 0.495 e.